The molecule has 0 unspecified atom stereocenters. The molecule has 0 rings (SSSR count). The van der Waals surface area contributed by atoms with Gasteiger partial charge < -0.3 is 20.1 Å². The van der Waals surface area contributed by atoms with Crippen LogP contribution in [-0.4, -0.2) is 34.2 Å². The SMILES string of the molecule is C[C@@H](O)[C@H](O)CC(=O)C(=O)[O-]. The molecule has 0 aliphatic carbocycles. The van der Waals surface area contributed by atoms with Crippen molar-refractivity contribution in [2.45, 2.75) is 25.6 Å². The Morgan fingerprint density at radius 1 is 1.45 bits per heavy atom. The van der Waals surface area contributed by atoms with E-state index >= 15 is 0 Å². The molecule has 2 N–H and O–H groups in total. The largest absolute Gasteiger partial charge is 0.542 e. The summed E-state index contributed by atoms with van der Waals surface area (Å²) in [6.07, 6.45) is -3.06. The van der Waals surface area contributed by atoms with Crippen LogP contribution in [0.3, 0.4) is 0 Å². The topological polar surface area (TPSA) is 97.7 Å². The molecular weight excluding hydrogens is 152 g/mol. The summed E-state index contributed by atoms with van der Waals surface area (Å²) in [6.45, 7) is 1.26. The van der Waals surface area contributed by atoms with Crippen LogP contribution in [0.15, 0.2) is 0 Å². The number of aliphatic carboxylic acids is 1. The Labute approximate surface area is 63.3 Å². The molecule has 0 fully saturated rings. The van der Waals surface area contributed by atoms with Crippen molar-refractivity contribution in [2.75, 3.05) is 0 Å². The quantitative estimate of drug-likeness (QED) is 0.442. The summed E-state index contributed by atoms with van der Waals surface area (Å²) >= 11 is 0. The lowest BCUT2D eigenvalue weighted by Crippen LogP contribution is -2.36. The number of carbonyl (C=O) groups is 2. The van der Waals surface area contributed by atoms with Gasteiger partial charge in [-0.3, -0.25) is 4.79 Å². The average molecular weight is 161 g/mol. The van der Waals surface area contributed by atoms with Gasteiger partial charge in [0.15, 0.2) is 5.78 Å². The minimum absolute atomic E-state index is 0.611. The van der Waals surface area contributed by atoms with Gasteiger partial charge in [-0.1, -0.05) is 0 Å². The van der Waals surface area contributed by atoms with Crippen molar-refractivity contribution in [1.82, 2.24) is 0 Å². The van der Waals surface area contributed by atoms with Gasteiger partial charge in [0.2, 0.25) is 0 Å². The van der Waals surface area contributed by atoms with E-state index in [0.717, 1.165) is 0 Å². The van der Waals surface area contributed by atoms with Crippen LogP contribution >= 0.6 is 0 Å². The van der Waals surface area contributed by atoms with Gasteiger partial charge in [0, 0.05) is 6.42 Å². The monoisotopic (exact) mass is 161 g/mol. The minimum Gasteiger partial charge on any atom is -0.542 e. The van der Waals surface area contributed by atoms with Crippen LogP contribution in [0, 0.1) is 0 Å². The van der Waals surface area contributed by atoms with E-state index in [2.05, 4.69) is 0 Å². The molecule has 2 atom stereocenters. The first-order valence-electron chi connectivity index (χ1n) is 3.05. The van der Waals surface area contributed by atoms with E-state index in [0.29, 0.717) is 0 Å². The second kappa shape index (κ2) is 4.05. The van der Waals surface area contributed by atoms with Crippen molar-refractivity contribution in [3.63, 3.8) is 0 Å². The third-order valence-electron chi connectivity index (χ3n) is 1.18. The molecule has 0 aromatic heterocycles. The van der Waals surface area contributed by atoms with E-state index in [1.807, 2.05) is 0 Å². The van der Waals surface area contributed by atoms with Crippen LogP contribution in [0.1, 0.15) is 13.3 Å². The number of carboxylic acids is 1. The lowest BCUT2D eigenvalue weighted by atomic mass is 10.1. The number of carboxylic acid groups (broad SMARTS) is 1. The average Bonchev–Trinajstić information content (AvgIpc) is 1.87. The van der Waals surface area contributed by atoms with Crippen molar-refractivity contribution in [2.24, 2.45) is 0 Å². The van der Waals surface area contributed by atoms with Crippen molar-refractivity contribution in [1.29, 1.82) is 0 Å². The van der Waals surface area contributed by atoms with Gasteiger partial charge in [-0.15, -0.1) is 0 Å². The predicted molar refractivity (Wildman–Crippen MR) is 32.3 cm³/mol. The number of carbonyl (C=O) groups excluding carboxylic acids is 2. The fraction of sp³-hybridized carbons (Fsp3) is 0.667. The molecular formula is C6H9O5-. The number of aliphatic hydroxyl groups excluding tert-OH is 2. The Kier molecular flexibility index (Phi) is 3.70. The van der Waals surface area contributed by atoms with Gasteiger partial charge in [0.05, 0.1) is 12.2 Å². The van der Waals surface area contributed by atoms with Crippen LogP contribution < -0.4 is 5.11 Å². The van der Waals surface area contributed by atoms with Gasteiger partial charge in [-0.25, -0.2) is 0 Å². The molecule has 0 aliphatic heterocycles. The molecule has 0 radical (unpaired) electrons. The van der Waals surface area contributed by atoms with Gasteiger partial charge in [0.25, 0.3) is 0 Å². The summed E-state index contributed by atoms with van der Waals surface area (Å²) in [5, 5.41) is 27.2. The standard InChI is InChI=1S/C6H10O5/c1-3(7)4(8)2-5(9)6(10)11/h3-4,7-8H,2H2,1H3,(H,10,11)/p-1/t3-,4-/m1/s1. The van der Waals surface area contributed by atoms with Gasteiger partial charge in [0.1, 0.15) is 5.97 Å². The summed E-state index contributed by atoms with van der Waals surface area (Å²) in [4.78, 5) is 20.1. The van der Waals surface area contributed by atoms with Crippen LogP contribution in [0.5, 0.6) is 0 Å². The van der Waals surface area contributed by atoms with E-state index in [1.165, 1.54) is 6.92 Å². The van der Waals surface area contributed by atoms with Crippen molar-refractivity contribution in [3.05, 3.63) is 0 Å². The maximum Gasteiger partial charge on any atom is 0.180 e. The van der Waals surface area contributed by atoms with E-state index in [4.69, 9.17) is 10.2 Å². The highest BCUT2D eigenvalue weighted by Crippen LogP contribution is 1.98. The number of hydrogen-bond donors (Lipinski definition) is 2. The van der Waals surface area contributed by atoms with Gasteiger partial charge in [-0.05, 0) is 6.92 Å². The normalized spacial score (nSPS) is 15.5. The molecule has 64 valence electrons. The zero-order valence-corrected chi connectivity index (χ0v) is 5.98. The number of Topliss-reactive ketones (excluding diaryl/α,β-unsaturated/α-hetero) is 1. The second-order valence-electron chi connectivity index (χ2n) is 2.22. The molecule has 0 saturated carbocycles. The zero-order chi connectivity index (χ0) is 9.02. The van der Waals surface area contributed by atoms with E-state index < -0.39 is 30.4 Å². The third-order valence-corrected chi connectivity index (χ3v) is 1.18. The molecule has 0 spiro atoms. The smallest absolute Gasteiger partial charge is 0.180 e. The zero-order valence-electron chi connectivity index (χ0n) is 5.98. The van der Waals surface area contributed by atoms with Crippen LogP contribution in [0.2, 0.25) is 0 Å². The molecule has 5 heteroatoms. The van der Waals surface area contributed by atoms with Crippen molar-refractivity contribution >= 4 is 11.8 Å². The van der Waals surface area contributed by atoms with Crippen LogP contribution in [-0.2, 0) is 9.59 Å². The number of hydrogen-bond acceptors (Lipinski definition) is 5. The molecule has 0 aromatic rings. The van der Waals surface area contributed by atoms with E-state index in [-0.39, 0.29) is 0 Å². The third kappa shape index (κ3) is 3.69. The maximum atomic E-state index is 10.3. The number of ketones is 1. The maximum absolute atomic E-state index is 10.3. The molecule has 0 aromatic carbocycles. The lowest BCUT2D eigenvalue weighted by molar-refractivity contribution is -0.300. The van der Waals surface area contributed by atoms with Crippen molar-refractivity contribution < 1.29 is 24.9 Å². The predicted octanol–water partition coefficient (Wildman–Crippen LogP) is -2.56. The van der Waals surface area contributed by atoms with E-state index in [9.17, 15) is 14.7 Å². The fourth-order valence-electron chi connectivity index (χ4n) is 0.444. The Hall–Kier alpha value is -0.940. The van der Waals surface area contributed by atoms with Gasteiger partial charge in [-0.2, -0.15) is 0 Å². The first-order chi connectivity index (χ1) is 4.95. The Morgan fingerprint density at radius 2 is 1.91 bits per heavy atom. The van der Waals surface area contributed by atoms with Crippen LogP contribution in [0.4, 0.5) is 0 Å². The fourth-order valence-corrected chi connectivity index (χ4v) is 0.444. The molecule has 0 saturated heterocycles. The number of rotatable bonds is 4. The molecule has 5 nitrogen and oxygen atoms in total. The molecule has 0 heterocycles. The van der Waals surface area contributed by atoms with Gasteiger partial charge >= 0.3 is 0 Å². The highest BCUT2D eigenvalue weighted by atomic mass is 16.4. The molecule has 11 heavy (non-hydrogen) atoms. The van der Waals surface area contributed by atoms with Crippen LogP contribution in [0.25, 0.3) is 0 Å². The summed E-state index contributed by atoms with van der Waals surface area (Å²) in [6, 6.07) is 0. The van der Waals surface area contributed by atoms with Crippen molar-refractivity contribution in [3.8, 4) is 0 Å². The van der Waals surface area contributed by atoms with E-state index in [1.54, 1.807) is 0 Å². The molecule has 0 aliphatic rings. The Balaban J connectivity index is 3.85. The highest BCUT2D eigenvalue weighted by Gasteiger charge is 2.15. The lowest BCUT2D eigenvalue weighted by Gasteiger charge is -2.12. The highest BCUT2D eigenvalue weighted by molar-refractivity contribution is 6.31. The molecule has 0 bridgehead atoms. The molecule has 0 amide bonds. The first-order valence-corrected chi connectivity index (χ1v) is 3.05. The minimum atomic E-state index is -1.84. The Morgan fingerprint density at radius 3 is 2.18 bits per heavy atom. The second-order valence-corrected chi connectivity index (χ2v) is 2.22. The summed E-state index contributed by atoms with van der Waals surface area (Å²) < 4.78 is 0. The number of aliphatic hydroxyl groups is 2. The summed E-state index contributed by atoms with van der Waals surface area (Å²) in [7, 11) is 0. The first kappa shape index (κ1) is 10.1. The Bertz CT molecular complexity index is 162. The summed E-state index contributed by atoms with van der Waals surface area (Å²) in [5.41, 5.74) is 0. The summed E-state index contributed by atoms with van der Waals surface area (Å²) in [5.74, 6) is -3.05.